The number of rotatable bonds is 2. The monoisotopic (exact) mass is 430 g/mol. The smallest absolute Gasteiger partial charge is 0.279 e. The molecule has 7 heteroatoms. The lowest BCUT2D eigenvalue weighted by Crippen LogP contribution is -2.48. The number of piperazine rings is 1. The lowest BCUT2D eigenvalue weighted by atomic mass is 10.1. The Morgan fingerprint density at radius 3 is 2.35 bits per heavy atom. The van der Waals surface area contributed by atoms with Gasteiger partial charge in [0.25, 0.3) is 11.5 Å². The van der Waals surface area contributed by atoms with Gasteiger partial charge >= 0.3 is 0 Å². The van der Waals surface area contributed by atoms with E-state index in [9.17, 15) is 9.59 Å². The van der Waals surface area contributed by atoms with Gasteiger partial charge in [0.1, 0.15) is 0 Å². The molecule has 0 bridgehead atoms. The highest BCUT2D eigenvalue weighted by atomic mass is 35.5. The Balaban J connectivity index is 1.41. The number of hydrogen-bond donors (Lipinski definition) is 0. The Morgan fingerprint density at radius 1 is 0.806 bits per heavy atom. The van der Waals surface area contributed by atoms with E-state index in [0.29, 0.717) is 58.7 Å². The number of benzene rings is 3. The minimum absolute atomic E-state index is 0.0778. The highest BCUT2D eigenvalue weighted by molar-refractivity contribution is 6.33. The highest BCUT2D eigenvalue weighted by Gasteiger charge is 2.23. The van der Waals surface area contributed by atoms with E-state index in [1.54, 1.807) is 36.4 Å². The van der Waals surface area contributed by atoms with Gasteiger partial charge in [-0.1, -0.05) is 35.9 Å². The second kappa shape index (κ2) is 7.96. The highest BCUT2D eigenvalue weighted by Crippen LogP contribution is 2.26. The van der Waals surface area contributed by atoms with Crippen molar-refractivity contribution in [2.45, 2.75) is 0 Å². The lowest BCUT2D eigenvalue weighted by Gasteiger charge is -2.36. The summed E-state index contributed by atoms with van der Waals surface area (Å²) in [6, 6.07) is 20.0. The van der Waals surface area contributed by atoms with Crippen molar-refractivity contribution in [3.05, 3.63) is 87.7 Å². The molecule has 1 aliphatic rings. The topological polar surface area (TPSA) is 66.4 Å². The maximum atomic E-state index is 13.1. The van der Waals surface area contributed by atoms with Crippen molar-refractivity contribution in [2.75, 3.05) is 31.1 Å². The maximum Gasteiger partial charge on any atom is 0.279 e. The van der Waals surface area contributed by atoms with Crippen molar-refractivity contribution in [3.63, 3.8) is 0 Å². The first-order chi connectivity index (χ1) is 15.1. The normalized spacial score (nSPS) is 14.2. The average Bonchev–Trinajstić information content (AvgIpc) is 2.94. The van der Waals surface area contributed by atoms with Gasteiger partial charge in [-0.2, -0.15) is 0 Å². The van der Waals surface area contributed by atoms with Crippen molar-refractivity contribution < 1.29 is 4.79 Å². The molecule has 31 heavy (non-hydrogen) atoms. The number of para-hydroxylation sites is 2. The van der Waals surface area contributed by atoms with Crippen LogP contribution in [0, 0.1) is 0 Å². The SMILES string of the molecule is O=C(c1ccc2nc3ccccc3c(=O)nc2c1)N1CCN(c2ccccc2Cl)CC1. The number of amides is 1. The number of anilines is 1. The Labute approximate surface area is 183 Å². The van der Waals surface area contributed by atoms with Crippen LogP contribution in [0.3, 0.4) is 0 Å². The first-order valence-corrected chi connectivity index (χ1v) is 10.5. The predicted molar refractivity (Wildman–Crippen MR) is 123 cm³/mol. The summed E-state index contributed by atoms with van der Waals surface area (Å²) in [5, 5.41) is 1.17. The summed E-state index contributed by atoms with van der Waals surface area (Å²) in [4.78, 5) is 38.4. The van der Waals surface area contributed by atoms with Gasteiger partial charge in [0.05, 0.1) is 32.6 Å². The molecule has 0 aliphatic carbocycles. The number of aromatic nitrogens is 2. The molecule has 4 aromatic rings. The third kappa shape index (κ3) is 3.70. The van der Waals surface area contributed by atoms with Gasteiger partial charge in [-0.15, -0.1) is 0 Å². The fourth-order valence-corrected chi connectivity index (χ4v) is 4.19. The molecule has 1 saturated heterocycles. The minimum Gasteiger partial charge on any atom is -0.367 e. The Bertz CT molecular complexity index is 1370. The van der Waals surface area contributed by atoms with Crippen LogP contribution in [-0.2, 0) is 0 Å². The van der Waals surface area contributed by atoms with Crippen LogP contribution in [0.5, 0.6) is 0 Å². The van der Waals surface area contributed by atoms with Gasteiger partial charge in [-0.3, -0.25) is 9.59 Å². The lowest BCUT2D eigenvalue weighted by molar-refractivity contribution is 0.0747. The second-order valence-electron chi connectivity index (χ2n) is 7.48. The van der Waals surface area contributed by atoms with E-state index in [1.165, 1.54) is 0 Å². The summed E-state index contributed by atoms with van der Waals surface area (Å²) in [7, 11) is 0. The van der Waals surface area contributed by atoms with Gasteiger partial charge in [0, 0.05) is 31.7 Å². The van der Waals surface area contributed by atoms with Gasteiger partial charge in [0.15, 0.2) is 0 Å². The third-order valence-electron chi connectivity index (χ3n) is 5.58. The molecule has 1 amide bonds. The average molecular weight is 431 g/mol. The van der Waals surface area contributed by atoms with E-state index < -0.39 is 0 Å². The third-order valence-corrected chi connectivity index (χ3v) is 5.90. The first-order valence-electron chi connectivity index (χ1n) is 10.1. The molecule has 0 saturated carbocycles. The molecule has 0 N–H and O–H groups in total. The molecule has 2 heterocycles. The van der Waals surface area contributed by atoms with E-state index in [2.05, 4.69) is 14.9 Å². The van der Waals surface area contributed by atoms with Gasteiger partial charge in [-0.05, 0) is 42.5 Å². The largest absolute Gasteiger partial charge is 0.367 e. The molecule has 5 rings (SSSR count). The quantitative estimate of drug-likeness (QED) is 0.484. The standard InChI is InChI=1S/C24H19ClN4O2/c25-18-6-2-4-8-22(18)28-11-13-29(14-12-28)24(31)16-9-10-20-21(15-16)27-23(30)17-5-1-3-7-19(17)26-20/h1-10,15H,11-14H2. The minimum atomic E-state index is -0.351. The van der Waals surface area contributed by atoms with Crippen LogP contribution >= 0.6 is 11.6 Å². The number of hydrogen-bond acceptors (Lipinski definition) is 5. The molecule has 1 aromatic heterocycles. The number of carbonyl (C=O) groups is 1. The van der Waals surface area contributed by atoms with Crippen molar-refractivity contribution in [1.29, 1.82) is 0 Å². The van der Waals surface area contributed by atoms with Crippen LogP contribution in [0.25, 0.3) is 21.9 Å². The summed E-state index contributed by atoms with van der Waals surface area (Å²) < 4.78 is 0. The zero-order valence-electron chi connectivity index (χ0n) is 16.7. The van der Waals surface area contributed by atoms with Crippen LogP contribution in [0.4, 0.5) is 5.69 Å². The second-order valence-corrected chi connectivity index (χ2v) is 7.89. The van der Waals surface area contributed by atoms with Crippen LogP contribution in [-0.4, -0.2) is 47.0 Å². The van der Waals surface area contributed by atoms with Crippen molar-refractivity contribution in [3.8, 4) is 0 Å². The molecule has 1 aliphatic heterocycles. The molecule has 0 radical (unpaired) electrons. The summed E-state index contributed by atoms with van der Waals surface area (Å²) in [6.45, 7) is 2.59. The number of nitrogens with zero attached hydrogens (tertiary/aromatic N) is 4. The zero-order chi connectivity index (χ0) is 21.4. The van der Waals surface area contributed by atoms with E-state index >= 15 is 0 Å². The number of carbonyl (C=O) groups excluding carboxylic acids is 1. The Kier molecular flexibility index (Phi) is 5.00. The maximum absolute atomic E-state index is 13.1. The van der Waals surface area contributed by atoms with Crippen LogP contribution in [0.2, 0.25) is 5.02 Å². The molecular weight excluding hydrogens is 412 g/mol. The zero-order valence-corrected chi connectivity index (χ0v) is 17.4. The van der Waals surface area contributed by atoms with Crippen molar-refractivity contribution in [1.82, 2.24) is 14.9 Å². The molecule has 0 unspecified atom stereocenters. The van der Waals surface area contributed by atoms with Gasteiger partial charge < -0.3 is 9.80 Å². The molecule has 0 atom stereocenters. The fourth-order valence-electron chi connectivity index (χ4n) is 3.93. The molecule has 6 nitrogen and oxygen atoms in total. The van der Waals surface area contributed by atoms with E-state index in [0.717, 1.165) is 5.69 Å². The molecule has 0 spiro atoms. The fraction of sp³-hybridized carbons (Fsp3) is 0.167. The number of halogens is 1. The van der Waals surface area contributed by atoms with Crippen LogP contribution in [0.15, 0.2) is 71.5 Å². The predicted octanol–water partition coefficient (Wildman–Crippen LogP) is 3.76. The summed E-state index contributed by atoms with van der Waals surface area (Å²) in [5.41, 5.74) is 2.73. The first kappa shape index (κ1) is 19.5. The van der Waals surface area contributed by atoms with E-state index in [4.69, 9.17) is 11.6 Å². The van der Waals surface area contributed by atoms with E-state index in [1.807, 2.05) is 35.2 Å². The van der Waals surface area contributed by atoms with Crippen molar-refractivity contribution in [2.24, 2.45) is 0 Å². The number of fused-ring (bicyclic) bond motifs is 2. The summed E-state index contributed by atoms with van der Waals surface area (Å²) >= 11 is 6.31. The van der Waals surface area contributed by atoms with E-state index in [-0.39, 0.29) is 11.5 Å². The molecule has 154 valence electrons. The Morgan fingerprint density at radius 2 is 1.55 bits per heavy atom. The van der Waals surface area contributed by atoms with Crippen molar-refractivity contribution >= 4 is 45.1 Å². The summed E-state index contributed by atoms with van der Waals surface area (Å²) in [5.74, 6) is -0.0778. The van der Waals surface area contributed by atoms with Gasteiger partial charge in [-0.25, -0.2) is 9.97 Å². The summed E-state index contributed by atoms with van der Waals surface area (Å²) in [6.07, 6.45) is 0. The molecular formula is C24H19ClN4O2. The molecule has 1 fully saturated rings. The van der Waals surface area contributed by atoms with Gasteiger partial charge in [0.2, 0.25) is 0 Å². The Hall–Kier alpha value is -3.51. The van der Waals surface area contributed by atoms with Crippen LogP contribution < -0.4 is 10.5 Å². The van der Waals surface area contributed by atoms with Crippen LogP contribution in [0.1, 0.15) is 10.4 Å². The molecule has 3 aromatic carbocycles.